The Balaban J connectivity index is 1.90. The highest BCUT2D eigenvalue weighted by Crippen LogP contribution is 2.35. The number of aryl methyl sites for hydroxylation is 1. The minimum Gasteiger partial charge on any atom is -0.508 e. The Morgan fingerprint density at radius 2 is 1.56 bits per heavy atom. The number of hydrogen-bond donors (Lipinski definition) is 2. The van der Waals surface area contributed by atoms with Gasteiger partial charge in [0.15, 0.2) is 0 Å². The van der Waals surface area contributed by atoms with E-state index in [1.807, 2.05) is 0 Å². The van der Waals surface area contributed by atoms with Crippen LogP contribution in [0.4, 0.5) is 5.69 Å². The third-order valence-electron chi connectivity index (χ3n) is 6.04. The lowest BCUT2D eigenvalue weighted by Gasteiger charge is -2.34. The van der Waals surface area contributed by atoms with Crippen LogP contribution in [0.2, 0.25) is 0 Å². The molecule has 2 N–H and O–H groups in total. The van der Waals surface area contributed by atoms with E-state index in [1.54, 1.807) is 55.5 Å². The summed E-state index contributed by atoms with van der Waals surface area (Å²) in [6, 6.07) is 16.1. The van der Waals surface area contributed by atoms with Crippen LogP contribution in [0, 0.1) is 6.92 Å². The first-order chi connectivity index (χ1) is 16.1. The van der Waals surface area contributed by atoms with Gasteiger partial charge in [0.1, 0.15) is 11.8 Å². The summed E-state index contributed by atoms with van der Waals surface area (Å²) < 4.78 is 28.1. The third-order valence-corrected chi connectivity index (χ3v) is 7.88. The van der Waals surface area contributed by atoms with Crippen LogP contribution >= 0.6 is 0 Å². The van der Waals surface area contributed by atoms with Crippen molar-refractivity contribution in [3.05, 3.63) is 89.5 Å². The monoisotopic (exact) mass is 480 g/mol. The summed E-state index contributed by atoms with van der Waals surface area (Å²) in [5.41, 5.74) is 2.09. The number of nitrogens with zero attached hydrogens (tertiary/aromatic N) is 2. The highest BCUT2D eigenvalue weighted by molar-refractivity contribution is 7.89. The van der Waals surface area contributed by atoms with Crippen LogP contribution in [0.5, 0.6) is 5.75 Å². The number of para-hydroxylation sites is 1. The molecule has 3 aromatic carbocycles. The van der Waals surface area contributed by atoms with Gasteiger partial charge in [-0.1, -0.05) is 36.4 Å². The smallest absolute Gasteiger partial charge is 0.324 e. The van der Waals surface area contributed by atoms with Crippen molar-refractivity contribution in [2.45, 2.75) is 37.4 Å². The van der Waals surface area contributed by atoms with Gasteiger partial charge in [0.2, 0.25) is 10.0 Å². The van der Waals surface area contributed by atoms with Crippen LogP contribution in [0.1, 0.15) is 28.4 Å². The van der Waals surface area contributed by atoms with Gasteiger partial charge in [-0.05, 0) is 61.4 Å². The summed E-state index contributed by atoms with van der Waals surface area (Å²) in [7, 11) is -4.29. The molecule has 0 radical (unpaired) electrons. The van der Waals surface area contributed by atoms with E-state index in [2.05, 4.69) is 0 Å². The lowest BCUT2D eigenvalue weighted by molar-refractivity contribution is -0.142. The molecule has 0 bridgehead atoms. The fourth-order valence-electron chi connectivity index (χ4n) is 4.30. The second-order valence-electron chi connectivity index (χ2n) is 8.19. The number of amides is 1. The minimum atomic E-state index is -4.29. The molecule has 1 amide bonds. The number of aromatic hydroxyl groups is 1. The number of carboxylic acid groups (broad SMARTS) is 1. The second kappa shape index (κ2) is 8.92. The molecule has 176 valence electrons. The molecular formula is C25H24N2O6S. The maximum absolute atomic E-state index is 13.7. The Bertz CT molecular complexity index is 1350. The number of carboxylic acids is 1. The molecule has 2 unspecified atom stereocenters. The van der Waals surface area contributed by atoms with Crippen LogP contribution in [-0.2, 0) is 21.4 Å². The van der Waals surface area contributed by atoms with Crippen LogP contribution in [0.3, 0.4) is 0 Å². The first kappa shape index (κ1) is 23.5. The van der Waals surface area contributed by atoms with Crippen molar-refractivity contribution < 1.29 is 28.2 Å². The van der Waals surface area contributed by atoms with Crippen molar-refractivity contribution in [3.63, 3.8) is 0 Å². The molecule has 0 saturated heterocycles. The van der Waals surface area contributed by atoms with Gasteiger partial charge < -0.3 is 15.1 Å². The van der Waals surface area contributed by atoms with Crippen LogP contribution in [0.25, 0.3) is 0 Å². The van der Waals surface area contributed by atoms with E-state index < -0.39 is 34.0 Å². The summed E-state index contributed by atoms with van der Waals surface area (Å²) in [4.78, 5) is 27.4. The zero-order valence-corrected chi connectivity index (χ0v) is 19.4. The second-order valence-corrected chi connectivity index (χ2v) is 10.1. The molecule has 0 aromatic heterocycles. The molecule has 0 spiro atoms. The van der Waals surface area contributed by atoms with Gasteiger partial charge in [-0.2, -0.15) is 4.31 Å². The maximum atomic E-state index is 13.7. The zero-order chi connectivity index (χ0) is 24.6. The Kier molecular flexibility index (Phi) is 6.16. The Hall–Kier alpha value is -3.69. The number of carbonyl (C=O) groups excluding carboxylic acids is 1. The Morgan fingerprint density at radius 1 is 0.941 bits per heavy atom. The summed E-state index contributed by atoms with van der Waals surface area (Å²) in [5.74, 6) is -1.89. The van der Waals surface area contributed by atoms with Crippen molar-refractivity contribution in [1.82, 2.24) is 4.31 Å². The van der Waals surface area contributed by atoms with Gasteiger partial charge in [-0.3, -0.25) is 9.59 Å². The van der Waals surface area contributed by atoms with Crippen molar-refractivity contribution in [2.75, 3.05) is 4.90 Å². The molecule has 3 aromatic rings. The molecule has 1 aliphatic rings. The van der Waals surface area contributed by atoms with E-state index in [1.165, 1.54) is 36.1 Å². The highest BCUT2D eigenvalue weighted by atomic mass is 32.2. The van der Waals surface area contributed by atoms with Crippen LogP contribution in [0.15, 0.2) is 77.7 Å². The number of benzene rings is 3. The quantitative estimate of drug-likeness (QED) is 0.592. The normalized spacial score (nSPS) is 18.7. The predicted octanol–water partition coefficient (Wildman–Crippen LogP) is 3.39. The van der Waals surface area contributed by atoms with Crippen molar-refractivity contribution in [2.24, 2.45) is 0 Å². The van der Waals surface area contributed by atoms with Gasteiger partial charge in [0.05, 0.1) is 10.9 Å². The van der Waals surface area contributed by atoms with Gasteiger partial charge in [0, 0.05) is 17.8 Å². The average Bonchev–Trinajstić information content (AvgIpc) is 2.93. The molecule has 8 nitrogen and oxygen atoms in total. The third kappa shape index (κ3) is 4.04. The zero-order valence-electron chi connectivity index (χ0n) is 18.6. The van der Waals surface area contributed by atoms with Gasteiger partial charge in [-0.15, -0.1) is 0 Å². The molecule has 34 heavy (non-hydrogen) atoms. The van der Waals surface area contributed by atoms with Crippen molar-refractivity contribution >= 4 is 27.6 Å². The number of phenols is 1. The molecule has 4 rings (SSSR count). The first-order valence-electron chi connectivity index (χ1n) is 10.6. The molecule has 0 aliphatic carbocycles. The molecule has 2 atom stereocenters. The molecule has 0 saturated carbocycles. The maximum Gasteiger partial charge on any atom is 0.324 e. The van der Waals surface area contributed by atoms with Crippen molar-refractivity contribution in [3.8, 4) is 5.75 Å². The topological polar surface area (TPSA) is 115 Å². The molecule has 1 heterocycles. The molecule has 1 aliphatic heterocycles. The lowest BCUT2D eigenvalue weighted by atomic mass is 10.0. The van der Waals surface area contributed by atoms with Gasteiger partial charge in [0.25, 0.3) is 5.91 Å². The lowest BCUT2D eigenvalue weighted by Crippen LogP contribution is -2.55. The standard InChI is InChI=1S/C25H24N2O6S/c1-16-7-3-5-9-21(16)24(29)27-17(2)23(25(30)31)26(15-18-8-4-6-10-22(18)27)34(32,33)20-13-11-19(28)12-14-20/h3-14,17,23,28H,15H2,1-2H3,(H,30,31). The predicted molar refractivity (Wildman–Crippen MR) is 126 cm³/mol. The number of rotatable bonds is 4. The number of anilines is 1. The van der Waals surface area contributed by atoms with E-state index >= 15 is 0 Å². The average molecular weight is 481 g/mol. The number of hydrogen-bond acceptors (Lipinski definition) is 5. The van der Waals surface area contributed by atoms with E-state index in [9.17, 15) is 28.2 Å². The van der Waals surface area contributed by atoms with E-state index in [0.717, 1.165) is 9.87 Å². The van der Waals surface area contributed by atoms with Gasteiger partial charge in [-0.25, -0.2) is 8.42 Å². The number of carbonyl (C=O) groups is 2. The Labute approximate surface area is 197 Å². The summed E-state index contributed by atoms with van der Waals surface area (Å²) >= 11 is 0. The fourth-order valence-corrected chi connectivity index (χ4v) is 5.93. The van der Waals surface area contributed by atoms with Crippen LogP contribution < -0.4 is 4.90 Å². The van der Waals surface area contributed by atoms with Crippen LogP contribution in [-0.4, -0.2) is 46.9 Å². The summed E-state index contributed by atoms with van der Waals surface area (Å²) in [6.45, 7) is 3.09. The fraction of sp³-hybridized carbons (Fsp3) is 0.200. The largest absolute Gasteiger partial charge is 0.508 e. The number of phenolic OH excluding ortho intramolecular Hbond substituents is 1. The molecule has 9 heteroatoms. The summed E-state index contributed by atoms with van der Waals surface area (Å²) in [6.07, 6.45) is 0. The number of fused-ring (bicyclic) bond motifs is 1. The number of aliphatic carboxylic acids is 1. The van der Waals surface area contributed by atoms with E-state index in [4.69, 9.17) is 0 Å². The van der Waals surface area contributed by atoms with E-state index in [-0.39, 0.29) is 17.2 Å². The highest BCUT2D eigenvalue weighted by Gasteiger charge is 2.46. The Morgan fingerprint density at radius 3 is 2.21 bits per heavy atom. The van der Waals surface area contributed by atoms with Crippen molar-refractivity contribution in [1.29, 1.82) is 0 Å². The van der Waals surface area contributed by atoms with Gasteiger partial charge >= 0.3 is 5.97 Å². The number of sulfonamides is 1. The van der Waals surface area contributed by atoms with E-state index in [0.29, 0.717) is 16.8 Å². The SMILES string of the molecule is Cc1ccccc1C(=O)N1c2ccccc2CN(S(=O)(=O)c2ccc(O)cc2)C(C(=O)O)C1C. The molecular weight excluding hydrogens is 456 g/mol. The molecule has 0 fully saturated rings. The minimum absolute atomic E-state index is 0.113. The summed E-state index contributed by atoms with van der Waals surface area (Å²) in [5, 5.41) is 19.7. The first-order valence-corrected chi connectivity index (χ1v) is 12.1.